The first kappa shape index (κ1) is 56.9. The van der Waals surface area contributed by atoms with Crippen molar-refractivity contribution < 1.29 is 17.1 Å². The standard InChI is InChI=1S/2C2H5.3CH4.2CH3.Cu.Ga.H/c2*1-2;;;;;;;;/h2*1H2,2H3;3*1H4;2*1H3;;;/q;-1;;;;;-1;+2;;/i;;;;;;;1+0;1-2;. The zero-order valence-electron chi connectivity index (χ0n) is 6.42. The van der Waals surface area contributed by atoms with Gasteiger partial charge in [0, 0.05) is 0 Å². The molecule has 0 spiro atoms. The van der Waals surface area contributed by atoms with Crippen molar-refractivity contribution in [3.63, 3.8) is 0 Å². The minimum Gasteiger partial charge on any atom is -0.358 e. The molecule has 0 amide bonds. The van der Waals surface area contributed by atoms with Crippen LogP contribution in [0.1, 0.15) is 36.1 Å². The first-order valence-electron chi connectivity index (χ1n) is 2.62. The minimum absolute atomic E-state index is 0. The molecule has 0 atom stereocenters. The molecule has 2 heteroatoms. The first-order chi connectivity index (χ1) is 2.91. The molecule has 0 aliphatic rings. The van der Waals surface area contributed by atoms with Crippen molar-refractivity contribution in [1.82, 2.24) is 0 Å². The third-order valence-electron chi connectivity index (χ3n) is 0.500. The Kier molecular flexibility index (Phi) is 598. The summed E-state index contributed by atoms with van der Waals surface area (Å²) in [4.78, 5) is 1.51. The zero-order chi connectivity index (χ0) is 5.41. The molecule has 1 radical (unpaired) electrons. The molecule has 0 saturated heterocycles. The average Bonchev–Trinajstić information content (AvgIpc) is 1.72. The summed E-state index contributed by atoms with van der Waals surface area (Å²) in [5.74, 6) is 0. The normalized spacial score (nSPS) is 2.91. The van der Waals surface area contributed by atoms with Gasteiger partial charge < -0.3 is 14.4 Å². The van der Waals surface area contributed by atoms with Gasteiger partial charge in [0.1, 0.15) is 0 Å². The molecule has 0 heterocycles. The first-order valence-corrected chi connectivity index (χ1v) is 7.69. The van der Waals surface area contributed by atoms with E-state index in [0.29, 0.717) is 0 Å². The van der Waals surface area contributed by atoms with Crippen LogP contribution < -0.4 is 0 Å². The van der Waals surface area contributed by atoms with Gasteiger partial charge in [0.2, 0.25) is 0 Å². The van der Waals surface area contributed by atoms with E-state index in [1.807, 2.05) is 0 Å². The summed E-state index contributed by atoms with van der Waals surface area (Å²) in [6, 6.07) is 0. The van der Waals surface area contributed by atoms with Gasteiger partial charge in [0.25, 0.3) is 0 Å². The van der Waals surface area contributed by atoms with Crippen LogP contribution in [0.25, 0.3) is 0 Å². The van der Waals surface area contributed by atoms with Gasteiger partial charge in [-0.1, -0.05) is 22.3 Å². The van der Waals surface area contributed by atoms with Crippen LogP contribution in [0, 0.1) is 14.4 Å². The molecule has 0 bridgehead atoms. The van der Waals surface area contributed by atoms with Gasteiger partial charge >= 0.3 is 51.9 Å². The van der Waals surface area contributed by atoms with Crippen molar-refractivity contribution in [3.05, 3.63) is 14.4 Å². The van der Waals surface area contributed by atoms with Crippen LogP contribution in [-0.2, 0) is 17.1 Å². The predicted octanol–water partition coefficient (Wildman–Crippen LogP) is 4.11. The maximum Gasteiger partial charge on any atom is 2.00 e. The molecule has 0 saturated carbocycles. The van der Waals surface area contributed by atoms with Crippen LogP contribution in [0.15, 0.2) is 0 Å². The second kappa shape index (κ2) is 116. The van der Waals surface area contributed by atoms with E-state index >= 15 is 0 Å². The largest absolute Gasteiger partial charge is 2.00 e. The molecule has 0 aromatic carbocycles. The predicted molar refractivity (Wildman–Crippen MR) is 61.1 cm³/mol. The van der Waals surface area contributed by atoms with Gasteiger partial charge in [-0.3, -0.25) is 0 Å². The number of hydrogen-bond acceptors (Lipinski definition) is 0. The van der Waals surface area contributed by atoms with Gasteiger partial charge in [-0.15, -0.1) is 0 Å². The summed E-state index contributed by atoms with van der Waals surface area (Å²) < 4.78 is 0. The van der Waals surface area contributed by atoms with Crippen LogP contribution in [0.4, 0.5) is 0 Å². The maximum atomic E-state index is 3.25. The van der Waals surface area contributed by atoms with E-state index in [4.69, 9.17) is 0 Å². The van der Waals surface area contributed by atoms with Crippen molar-refractivity contribution >= 4 is 17.4 Å². The van der Waals surface area contributed by atoms with E-state index in [1.165, 1.54) is 4.98 Å². The molecule has 0 fully saturated rings. The smallest absolute Gasteiger partial charge is 0.358 e. The van der Waals surface area contributed by atoms with E-state index < -0.39 is 0 Å². The fourth-order valence-electron chi connectivity index (χ4n) is 0. The van der Waals surface area contributed by atoms with Crippen molar-refractivity contribution in [2.45, 2.75) is 46.6 Å². The van der Waals surface area contributed by atoms with Gasteiger partial charge in [0.05, 0.1) is 0 Å². The zero-order valence-corrected chi connectivity index (χ0v) is 10.3. The van der Waals surface area contributed by atoms with Crippen LogP contribution >= 0.6 is 0 Å². The van der Waals surface area contributed by atoms with E-state index in [9.17, 15) is 0 Å². The Morgan fingerprint density at radius 2 is 1.18 bits per heavy atom. The third kappa shape index (κ3) is 201. The van der Waals surface area contributed by atoms with Crippen LogP contribution in [-0.4, -0.2) is 17.4 Å². The van der Waals surface area contributed by atoms with Crippen LogP contribution in [0.3, 0.4) is 0 Å². The van der Waals surface area contributed by atoms with Gasteiger partial charge in [-0.25, -0.2) is 0 Å². The molecular formula is C9H29CuGa. The number of hydrogen-bond donors (Lipinski definition) is 0. The molecule has 0 aliphatic heterocycles. The topological polar surface area (TPSA) is 0 Å². The van der Waals surface area contributed by atoms with Crippen molar-refractivity contribution in [3.8, 4) is 0 Å². The molecule has 0 N–H and O–H groups in total. The van der Waals surface area contributed by atoms with Crippen molar-refractivity contribution in [2.75, 3.05) is 0 Å². The third-order valence-corrected chi connectivity index (χ3v) is 2.60. The molecular weight excluding hydrogens is 240 g/mol. The summed E-state index contributed by atoms with van der Waals surface area (Å²) in [6.07, 6.45) is 0. The summed E-state index contributed by atoms with van der Waals surface area (Å²) in [7, 11) is 0. The molecule has 0 aromatic heterocycles. The maximum absolute atomic E-state index is 3.25. The fraction of sp³-hybridized carbons (Fsp3) is 0.778. The van der Waals surface area contributed by atoms with E-state index in [2.05, 4.69) is 19.3 Å². The average molecular weight is 269 g/mol. The van der Waals surface area contributed by atoms with E-state index in [0.717, 1.165) is 0 Å². The summed E-state index contributed by atoms with van der Waals surface area (Å²) >= 11 is 0.111. The summed E-state index contributed by atoms with van der Waals surface area (Å²) in [5.41, 5.74) is 2.37. The Hall–Kier alpha value is 1.16. The molecule has 0 nitrogen and oxygen atoms in total. The van der Waals surface area contributed by atoms with Crippen LogP contribution in [0.5, 0.6) is 0 Å². The molecule has 0 aromatic rings. The molecule has 79 valence electrons. The Bertz CT molecular complexity index is 11.5. The molecule has 0 unspecified atom stereocenters. The fourth-order valence-corrected chi connectivity index (χ4v) is 0. The van der Waals surface area contributed by atoms with E-state index in [-0.39, 0.29) is 64.2 Å². The Morgan fingerprint density at radius 3 is 1.18 bits per heavy atom. The summed E-state index contributed by atoms with van der Waals surface area (Å²) in [5, 5.41) is 0. The number of rotatable bonds is 1. The van der Waals surface area contributed by atoms with Crippen LogP contribution in [0.2, 0.25) is 10.5 Å². The SMILES string of the molecule is C.C.C.C[CH2][68GaH][CH3].[64Cu+2].[CH2-]C.[CH3-]. The quantitative estimate of drug-likeness (QED) is 0.496. The summed E-state index contributed by atoms with van der Waals surface area (Å²) in [6.45, 7) is 7.26. The molecule has 11 heavy (non-hydrogen) atoms. The monoisotopic (exact) mass is 269 g/mol. The Labute approximate surface area is 95.2 Å². The molecule has 0 aliphatic carbocycles. The van der Waals surface area contributed by atoms with Gasteiger partial charge in [0.15, 0.2) is 0 Å². The van der Waals surface area contributed by atoms with Crippen molar-refractivity contribution in [2.24, 2.45) is 0 Å². The minimum atomic E-state index is 0. The molecule has 0 rings (SSSR count). The van der Waals surface area contributed by atoms with E-state index in [1.54, 1.807) is 6.92 Å². The Morgan fingerprint density at radius 1 is 1.09 bits per heavy atom. The van der Waals surface area contributed by atoms with Gasteiger partial charge in [-0.05, 0) is 0 Å². The van der Waals surface area contributed by atoms with Gasteiger partial charge in [-0.2, -0.15) is 6.92 Å². The Balaban J connectivity index is -0.00000000432. The second-order valence-electron chi connectivity index (χ2n) is 1.000. The van der Waals surface area contributed by atoms with Crippen molar-refractivity contribution in [1.29, 1.82) is 0 Å². The second-order valence-corrected chi connectivity index (χ2v) is 5.20.